The summed E-state index contributed by atoms with van der Waals surface area (Å²) < 4.78 is 0. The zero-order chi connectivity index (χ0) is 20.4. The Balaban J connectivity index is 1.34. The van der Waals surface area contributed by atoms with E-state index in [2.05, 4.69) is 47.1 Å². The Labute approximate surface area is 182 Å². The van der Waals surface area contributed by atoms with E-state index in [0.717, 1.165) is 72.2 Å². The molecule has 1 saturated heterocycles. The van der Waals surface area contributed by atoms with Crippen molar-refractivity contribution in [3.05, 3.63) is 70.4 Å². The normalized spacial score (nSPS) is 17.8. The molecule has 0 saturated carbocycles. The lowest BCUT2D eigenvalue weighted by Gasteiger charge is -2.40. The zero-order valence-electron chi connectivity index (χ0n) is 16.8. The molecule has 2 heterocycles. The molecule has 2 aliphatic heterocycles. The molecule has 5 heteroatoms. The third-order valence-electron chi connectivity index (χ3n) is 6.39. The molecule has 29 heavy (non-hydrogen) atoms. The number of allylic oxidation sites excluding steroid dienone is 1. The lowest BCUT2D eigenvalue weighted by molar-refractivity contribution is 0.179. The SMILES string of the molecule is C=C1Nc2ccc(Cl)cc2C12CCN(CCCc1ccc(SC)c(C#N)c1)CC2. The van der Waals surface area contributed by atoms with Crippen LogP contribution in [-0.4, -0.2) is 30.8 Å². The minimum atomic E-state index is 0.0199. The quantitative estimate of drug-likeness (QED) is 0.613. The number of benzene rings is 2. The fourth-order valence-electron chi connectivity index (χ4n) is 4.70. The van der Waals surface area contributed by atoms with Gasteiger partial charge in [0.15, 0.2) is 0 Å². The monoisotopic (exact) mass is 423 g/mol. The number of likely N-dealkylation sites (tertiary alicyclic amines) is 1. The van der Waals surface area contributed by atoms with Gasteiger partial charge in [0.1, 0.15) is 6.07 Å². The lowest BCUT2D eigenvalue weighted by atomic mass is 9.72. The van der Waals surface area contributed by atoms with E-state index in [-0.39, 0.29) is 5.41 Å². The summed E-state index contributed by atoms with van der Waals surface area (Å²) in [6.07, 6.45) is 6.29. The number of nitrogens with one attached hydrogen (secondary N) is 1. The summed E-state index contributed by atoms with van der Waals surface area (Å²) in [5, 5.41) is 13.6. The Hall–Kier alpha value is -1.93. The number of fused-ring (bicyclic) bond motifs is 2. The van der Waals surface area contributed by atoms with Gasteiger partial charge in [-0.3, -0.25) is 0 Å². The summed E-state index contributed by atoms with van der Waals surface area (Å²) in [5.41, 5.74) is 5.66. The molecular weight excluding hydrogens is 398 g/mol. The van der Waals surface area contributed by atoms with Crippen LogP contribution < -0.4 is 5.32 Å². The van der Waals surface area contributed by atoms with Gasteiger partial charge in [-0.15, -0.1) is 11.8 Å². The van der Waals surface area contributed by atoms with Crippen molar-refractivity contribution in [2.24, 2.45) is 0 Å². The molecule has 0 aromatic heterocycles. The van der Waals surface area contributed by atoms with Crippen LogP contribution in [-0.2, 0) is 11.8 Å². The van der Waals surface area contributed by atoms with Crippen molar-refractivity contribution < 1.29 is 0 Å². The number of piperidine rings is 1. The molecule has 1 N–H and O–H groups in total. The van der Waals surface area contributed by atoms with Crippen LogP contribution in [0.5, 0.6) is 0 Å². The number of anilines is 1. The van der Waals surface area contributed by atoms with Crippen molar-refractivity contribution in [1.29, 1.82) is 5.26 Å². The van der Waals surface area contributed by atoms with E-state index in [1.165, 1.54) is 11.1 Å². The van der Waals surface area contributed by atoms with Crippen LogP contribution in [0.25, 0.3) is 0 Å². The van der Waals surface area contributed by atoms with Crippen LogP contribution in [0.1, 0.15) is 36.0 Å². The summed E-state index contributed by atoms with van der Waals surface area (Å²) in [4.78, 5) is 3.62. The topological polar surface area (TPSA) is 39.1 Å². The van der Waals surface area contributed by atoms with E-state index in [1.54, 1.807) is 11.8 Å². The van der Waals surface area contributed by atoms with Crippen molar-refractivity contribution in [2.75, 3.05) is 31.2 Å². The van der Waals surface area contributed by atoms with Gasteiger partial charge in [0.05, 0.1) is 5.56 Å². The van der Waals surface area contributed by atoms with Gasteiger partial charge in [0.25, 0.3) is 0 Å². The number of aryl methyl sites for hydroxylation is 1. The fourth-order valence-corrected chi connectivity index (χ4v) is 5.40. The molecule has 2 aliphatic rings. The second-order valence-electron chi connectivity index (χ2n) is 7.97. The summed E-state index contributed by atoms with van der Waals surface area (Å²) >= 11 is 7.91. The van der Waals surface area contributed by atoms with Crippen molar-refractivity contribution in [3.8, 4) is 6.07 Å². The highest BCUT2D eigenvalue weighted by atomic mass is 35.5. The summed E-state index contributed by atoms with van der Waals surface area (Å²) in [7, 11) is 0. The van der Waals surface area contributed by atoms with Crippen LogP contribution in [0.3, 0.4) is 0 Å². The Kier molecular flexibility index (Phi) is 5.92. The Morgan fingerprint density at radius 1 is 1.24 bits per heavy atom. The number of hydrogen-bond acceptors (Lipinski definition) is 4. The average molecular weight is 424 g/mol. The summed E-state index contributed by atoms with van der Waals surface area (Å²) in [5.74, 6) is 0. The maximum Gasteiger partial charge on any atom is 0.100 e. The van der Waals surface area contributed by atoms with Crippen LogP contribution in [0.2, 0.25) is 5.02 Å². The second kappa shape index (κ2) is 8.44. The first-order valence-electron chi connectivity index (χ1n) is 10.1. The van der Waals surface area contributed by atoms with Gasteiger partial charge in [-0.05, 0) is 93.0 Å². The molecule has 0 bridgehead atoms. The first-order chi connectivity index (χ1) is 14.1. The minimum Gasteiger partial charge on any atom is -0.358 e. The smallest absolute Gasteiger partial charge is 0.100 e. The van der Waals surface area contributed by atoms with E-state index in [4.69, 9.17) is 11.6 Å². The van der Waals surface area contributed by atoms with Gasteiger partial charge in [-0.2, -0.15) is 5.26 Å². The summed E-state index contributed by atoms with van der Waals surface area (Å²) in [6.45, 7) is 7.56. The number of nitrogens with zero attached hydrogens (tertiary/aromatic N) is 2. The molecule has 1 fully saturated rings. The Morgan fingerprint density at radius 2 is 2.03 bits per heavy atom. The molecule has 0 amide bonds. The van der Waals surface area contributed by atoms with Crippen LogP contribution in [0.4, 0.5) is 5.69 Å². The largest absolute Gasteiger partial charge is 0.358 e. The van der Waals surface area contributed by atoms with Crippen molar-refractivity contribution in [2.45, 2.75) is 36.0 Å². The number of nitriles is 1. The number of rotatable bonds is 5. The molecular formula is C24H26ClN3S. The second-order valence-corrected chi connectivity index (χ2v) is 9.25. The van der Waals surface area contributed by atoms with E-state index >= 15 is 0 Å². The molecule has 1 spiro atoms. The molecule has 0 atom stereocenters. The van der Waals surface area contributed by atoms with Crippen molar-refractivity contribution >= 4 is 29.1 Å². The van der Waals surface area contributed by atoms with Crippen LogP contribution >= 0.6 is 23.4 Å². The van der Waals surface area contributed by atoms with E-state index in [9.17, 15) is 5.26 Å². The molecule has 0 radical (unpaired) electrons. The fraction of sp³-hybridized carbons (Fsp3) is 0.375. The molecule has 0 aliphatic carbocycles. The van der Waals surface area contributed by atoms with Crippen LogP contribution in [0, 0.1) is 11.3 Å². The van der Waals surface area contributed by atoms with Gasteiger partial charge in [-0.1, -0.05) is 24.2 Å². The highest BCUT2D eigenvalue weighted by Gasteiger charge is 2.44. The first-order valence-corrected chi connectivity index (χ1v) is 11.7. The molecule has 4 rings (SSSR count). The standard InChI is InChI=1S/C24H26ClN3S/c1-17-24(21-15-20(25)6-7-22(21)27-17)9-12-28(13-10-24)11-3-4-18-5-8-23(29-2)19(14-18)16-26/h5-8,14-15,27H,1,3-4,9-13H2,2H3. The molecule has 0 unspecified atom stereocenters. The van der Waals surface area contributed by atoms with Gasteiger partial charge < -0.3 is 10.2 Å². The molecule has 2 aromatic rings. The molecule has 2 aromatic carbocycles. The highest BCUT2D eigenvalue weighted by Crippen LogP contribution is 2.50. The lowest BCUT2D eigenvalue weighted by Crippen LogP contribution is -2.43. The van der Waals surface area contributed by atoms with Gasteiger partial charge >= 0.3 is 0 Å². The van der Waals surface area contributed by atoms with Gasteiger partial charge in [-0.25, -0.2) is 0 Å². The van der Waals surface area contributed by atoms with E-state index < -0.39 is 0 Å². The zero-order valence-corrected chi connectivity index (χ0v) is 18.4. The number of thioether (sulfide) groups is 1. The van der Waals surface area contributed by atoms with Gasteiger partial charge in [0.2, 0.25) is 0 Å². The predicted octanol–water partition coefficient (Wildman–Crippen LogP) is 5.84. The Bertz CT molecular complexity index is 971. The first kappa shape index (κ1) is 20.3. The molecule has 150 valence electrons. The minimum absolute atomic E-state index is 0.0199. The van der Waals surface area contributed by atoms with Crippen molar-refractivity contribution in [3.63, 3.8) is 0 Å². The average Bonchev–Trinajstić information content (AvgIpc) is 3.00. The number of halogens is 1. The molecule has 3 nitrogen and oxygen atoms in total. The van der Waals surface area contributed by atoms with Gasteiger partial charge in [0, 0.05) is 26.7 Å². The van der Waals surface area contributed by atoms with Crippen molar-refractivity contribution in [1.82, 2.24) is 4.90 Å². The maximum atomic E-state index is 9.32. The Morgan fingerprint density at radius 3 is 2.76 bits per heavy atom. The van der Waals surface area contributed by atoms with E-state index in [0.29, 0.717) is 0 Å². The van der Waals surface area contributed by atoms with Crippen LogP contribution in [0.15, 0.2) is 53.6 Å². The summed E-state index contributed by atoms with van der Waals surface area (Å²) in [6, 6.07) is 14.7. The number of hydrogen-bond donors (Lipinski definition) is 1. The van der Waals surface area contributed by atoms with E-state index in [1.807, 2.05) is 18.4 Å². The third-order valence-corrected chi connectivity index (χ3v) is 7.43. The highest BCUT2D eigenvalue weighted by molar-refractivity contribution is 7.98. The third kappa shape index (κ3) is 3.92. The maximum absolute atomic E-state index is 9.32. The predicted molar refractivity (Wildman–Crippen MR) is 123 cm³/mol.